The number of halogens is 2. The number of benzene rings is 1. The number of alkyl halides is 1. The van der Waals surface area contributed by atoms with Gasteiger partial charge in [0.15, 0.2) is 0 Å². The van der Waals surface area contributed by atoms with E-state index in [1.54, 1.807) is 11.3 Å². The first-order chi connectivity index (χ1) is 9.02. The molecule has 0 saturated heterocycles. The van der Waals surface area contributed by atoms with Crippen molar-refractivity contribution < 1.29 is 4.74 Å². The van der Waals surface area contributed by atoms with Crippen LogP contribution in [0.25, 0.3) is 0 Å². The van der Waals surface area contributed by atoms with Gasteiger partial charge in [0.2, 0.25) is 0 Å². The Balaban J connectivity index is 2.41. The van der Waals surface area contributed by atoms with Gasteiger partial charge in [0.05, 0.1) is 15.8 Å². The minimum Gasteiger partial charge on any atom is -0.494 e. The monoisotopic (exact) mass is 358 g/mol. The van der Waals surface area contributed by atoms with Gasteiger partial charge in [-0.2, -0.15) is 0 Å². The molecule has 4 heteroatoms. The van der Waals surface area contributed by atoms with E-state index in [-0.39, 0.29) is 5.38 Å². The highest BCUT2D eigenvalue weighted by molar-refractivity contribution is 9.11. The van der Waals surface area contributed by atoms with E-state index in [9.17, 15) is 0 Å². The van der Waals surface area contributed by atoms with Gasteiger partial charge in [0, 0.05) is 10.4 Å². The second kappa shape index (κ2) is 6.29. The predicted molar refractivity (Wildman–Crippen MR) is 86.8 cm³/mol. The van der Waals surface area contributed by atoms with Crippen molar-refractivity contribution in [3.63, 3.8) is 0 Å². The summed E-state index contributed by atoms with van der Waals surface area (Å²) in [6, 6.07) is 8.28. The fraction of sp³-hybridized carbons (Fsp3) is 0.333. The van der Waals surface area contributed by atoms with Crippen LogP contribution in [0.3, 0.4) is 0 Å². The van der Waals surface area contributed by atoms with E-state index in [2.05, 4.69) is 41.9 Å². The van der Waals surface area contributed by atoms with Gasteiger partial charge in [-0.15, -0.1) is 22.9 Å². The third-order valence-corrected chi connectivity index (χ3v) is 5.67. The van der Waals surface area contributed by atoms with Crippen LogP contribution >= 0.6 is 38.9 Å². The maximum Gasteiger partial charge on any atom is 0.124 e. The van der Waals surface area contributed by atoms with Crippen molar-refractivity contribution in [2.45, 2.75) is 26.1 Å². The predicted octanol–water partition coefficient (Wildman–Crippen LogP) is 5.85. The molecule has 0 bridgehead atoms. The van der Waals surface area contributed by atoms with Crippen LogP contribution in [0, 0.1) is 13.8 Å². The quantitative estimate of drug-likeness (QED) is 0.622. The number of hydrogen-bond donors (Lipinski definition) is 0. The Hall–Kier alpha value is -0.510. The van der Waals surface area contributed by atoms with Crippen molar-refractivity contribution in [2.75, 3.05) is 6.61 Å². The lowest BCUT2D eigenvalue weighted by molar-refractivity contribution is 0.337. The summed E-state index contributed by atoms with van der Waals surface area (Å²) in [6.07, 6.45) is 0. The van der Waals surface area contributed by atoms with E-state index < -0.39 is 0 Å². The highest BCUT2D eigenvalue weighted by atomic mass is 79.9. The molecule has 0 aliphatic rings. The number of ether oxygens (including phenoxy) is 1. The Bertz CT molecular complexity index is 560. The second-order valence-corrected chi connectivity index (χ2v) is 7.28. The lowest BCUT2D eigenvalue weighted by Crippen LogP contribution is -1.99. The fourth-order valence-electron chi connectivity index (χ4n) is 1.91. The van der Waals surface area contributed by atoms with Crippen molar-refractivity contribution in [1.82, 2.24) is 0 Å². The molecule has 1 heterocycles. The molecule has 1 aromatic carbocycles. The van der Waals surface area contributed by atoms with Crippen LogP contribution in [0.2, 0.25) is 0 Å². The highest BCUT2D eigenvalue weighted by Crippen LogP contribution is 2.41. The topological polar surface area (TPSA) is 9.23 Å². The van der Waals surface area contributed by atoms with Crippen molar-refractivity contribution in [1.29, 1.82) is 0 Å². The zero-order valence-corrected chi connectivity index (χ0v) is 14.3. The normalized spacial score (nSPS) is 12.5. The first-order valence-electron chi connectivity index (χ1n) is 6.16. The van der Waals surface area contributed by atoms with E-state index in [1.807, 2.05) is 19.1 Å². The van der Waals surface area contributed by atoms with Gasteiger partial charge in [-0.25, -0.2) is 0 Å². The molecule has 1 unspecified atom stereocenters. The Morgan fingerprint density at radius 2 is 2.05 bits per heavy atom. The minimum absolute atomic E-state index is 0.170. The number of rotatable bonds is 4. The molecule has 1 nitrogen and oxygen atoms in total. The maximum absolute atomic E-state index is 6.64. The van der Waals surface area contributed by atoms with Gasteiger partial charge in [0.1, 0.15) is 5.75 Å². The van der Waals surface area contributed by atoms with Crippen LogP contribution < -0.4 is 4.74 Å². The van der Waals surface area contributed by atoms with Crippen molar-refractivity contribution in [2.24, 2.45) is 0 Å². The summed E-state index contributed by atoms with van der Waals surface area (Å²) in [7, 11) is 0. The van der Waals surface area contributed by atoms with Crippen molar-refractivity contribution in [3.8, 4) is 5.75 Å². The summed E-state index contributed by atoms with van der Waals surface area (Å²) < 4.78 is 6.82. The molecule has 2 aromatic rings. The molecule has 0 amide bonds. The molecule has 0 aliphatic heterocycles. The third-order valence-electron chi connectivity index (χ3n) is 2.86. The standard InChI is InChI=1S/C15H16BrClOS/c1-4-18-12-6-5-9(2)7-11(12)14(17)13-8-10(3)15(16)19-13/h5-8,14H,4H2,1-3H3. The van der Waals surface area contributed by atoms with Gasteiger partial charge >= 0.3 is 0 Å². The molecule has 0 fully saturated rings. The molecule has 102 valence electrons. The van der Waals surface area contributed by atoms with Gasteiger partial charge < -0.3 is 4.74 Å². The number of aryl methyl sites for hydroxylation is 2. The van der Waals surface area contributed by atoms with Crippen LogP contribution in [0.5, 0.6) is 5.75 Å². The molecule has 0 radical (unpaired) electrons. The Morgan fingerprint density at radius 1 is 1.32 bits per heavy atom. The van der Waals surface area contributed by atoms with Gasteiger partial charge in [0.25, 0.3) is 0 Å². The Kier molecular flexibility index (Phi) is 4.93. The van der Waals surface area contributed by atoms with Crippen LogP contribution in [0.15, 0.2) is 28.1 Å². The van der Waals surface area contributed by atoms with E-state index >= 15 is 0 Å². The Labute approximate surface area is 131 Å². The lowest BCUT2D eigenvalue weighted by atomic mass is 10.1. The van der Waals surface area contributed by atoms with E-state index in [4.69, 9.17) is 16.3 Å². The molecule has 0 spiro atoms. The molecule has 1 aromatic heterocycles. The van der Waals surface area contributed by atoms with Crippen LogP contribution in [0.4, 0.5) is 0 Å². The van der Waals surface area contributed by atoms with E-state index in [0.717, 1.165) is 20.0 Å². The van der Waals surface area contributed by atoms with Crippen LogP contribution in [-0.2, 0) is 0 Å². The summed E-state index contributed by atoms with van der Waals surface area (Å²) in [5.41, 5.74) is 3.45. The maximum atomic E-state index is 6.64. The zero-order valence-electron chi connectivity index (χ0n) is 11.2. The smallest absolute Gasteiger partial charge is 0.124 e. The molecular formula is C15H16BrClOS. The van der Waals surface area contributed by atoms with E-state index in [1.165, 1.54) is 11.1 Å². The van der Waals surface area contributed by atoms with Crippen molar-refractivity contribution >= 4 is 38.9 Å². The first-order valence-corrected chi connectivity index (χ1v) is 8.20. The molecule has 2 rings (SSSR count). The second-order valence-electron chi connectivity index (χ2n) is 4.44. The molecule has 19 heavy (non-hydrogen) atoms. The molecule has 0 saturated carbocycles. The Morgan fingerprint density at radius 3 is 2.63 bits per heavy atom. The largest absolute Gasteiger partial charge is 0.494 e. The van der Waals surface area contributed by atoms with Crippen LogP contribution in [-0.4, -0.2) is 6.61 Å². The van der Waals surface area contributed by atoms with Gasteiger partial charge in [-0.05, 0) is 54.4 Å². The zero-order chi connectivity index (χ0) is 14.0. The average molecular weight is 360 g/mol. The molecule has 0 N–H and O–H groups in total. The summed E-state index contributed by atoms with van der Waals surface area (Å²) in [5.74, 6) is 0.871. The molecular weight excluding hydrogens is 344 g/mol. The summed E-state index contributed by atoms with van der Waals surface area (Å²) in [5, 5.41) is -0.170. The number of thiophene rings is 1. The fourth-order valence-corrected chi connectivity index (χ4v) is 3.85. The highest BCUT2D eigenvalue weighted by Gasteiger charge is 2.19. The van der Waals surface area contributed by atoms with E-state index in [0.29, 0.717) is 6.61 Å². The first kappa shape index (κ1) is 14.9. The summed E-state index contributed by atoms with van der Waals surface area (Å²) in [6.45, 7) is 6.78. The lowest BCUT2D eigenvalue weighted by Gasteiger charge is -2.14. The SMILES string of the molecule is CCOc1ccc(C)cc1C(Cl)c1cc(C)c(Br)s1. The van der Waals surface area contributed by atoms with Crippen molar-refractivity contribution in [3.05, 3.63) is 49.6 Å². The third kappa shape index (κ3) is 3.33. The summed E-state index contributed by atoms with van der Waals surface area (Å²) in [4.78, 5) is 1.14. The minimum atomic E-state index is -0.170. The number of hydrogen-bond acceptors (Lipinski definition) is 2. The molecule has 1 atom stereocenters. The van der Waals surface area contributed by atoms with Crippen LogP contribution in [0.1, 0.15) is 33.9 Å². The van der Waals surface area contributed by atoms with Gasteiger partial charge in [-0.1, -0.05) is 17.7 Å². The average Bonchev–Trinajstić information content (AvgIpc) is 2.71. The molecule has 0 aliphatic carbocycles. The van der Waals surface area contributed by atoms with Gasteiger partial charge in [-0.3, -0.25) is 0 Å². The summed E-state index contributed by atoms with van der Waals surface area (Å²) >= 11 is 11.9.